The van der Waals surface area contributed by atoms with Gasteiger partial charge in [-0.1, -0.05) is 26.0 Å². The third-order valence-corrected chi connectivity index (χ3v) is 4.52. The number of nitrogens with zero attached hydrogens (tertiary/aromatic N) is 3. The zero-order valence-corrected chi connectivity index (χ0v) is 15.2. The highest BCUT2D eigenvalue weighted by Gasteiger charge is 2.21. The second-order valence-corrected chi connectivity index (χ2v) is 6.76. The van der Waals surface area contributed by atoms with Crippen molar-refractivity contribution in [2.24, 2.45) is 0 Å². The highest BCUT2D eigenvalue weighted by atomic mass is 32.2. The van der Waals surface area contributed by atoms with E-state index < -0.39 is 0 Å². The molecule has 6 heteroatoms. The number of carbonyl (C=O) groups excluding carboxylic acids is 1. The van der Waals surface area contributed by atoms with Gasteiger partial charge in [0.1, 0.15) is 0 Å². The van der Waals surface area contributed by atoms with Crippen molar-refractivity contribution < 1.29 is 4.79 Å². The van der Waals surface area contributed by atoms with Crippen molar-refractivity contribution in [2.45, 2.75) is 24.7 Å². The molecule has 0 aliphatic carbocycles. The summed E-state index contributed by atoms with van der Waals surface area (Å²) in [7, 11) is 0. The maximum atomic E-state index is 12.8. The first kappa shape index (κ1) is 17.2. The van der Waals surface area contributed by atoms with Crippen LogP contribution in [0, 0.1) is 0 Å². The Kier molecular flexibility index (Phi) is 5.19. The minimum absolute atomic E-state index is 0.128. The molecule has 0 radical (unpaired) electrons. The normalized spacial score (nSPS) is 10.9. The second-order valence-electron chi connectivity index (χ2n) is 5.88. The van der Waals surface area contributed by atoms with Crippen LogP contribution in [-0.4, -0.2) is 26.9 Å². The third-order valence-electron chi connectivity index (χ3n) is 3.79. The number of nitrogens with one attached hydrogen (secondary N) is 1. The first-order valence-electron chi connectivity index (χ1n) is 8.05. The van der Waals surface area contributed by atoms with Gasteiger partial charge in [-0.15, -0.1) is 11.8 Å². The molecule has 0 fully saturated rings. The van der Waals surface area contributed by atoms with E-state index in [9.17, 15) is 4.79 Å². The molecular weight excluding hydrogens is 332 g/mol. The maximum Gasteiger partial charge on any atom is 0.259 e. The van der Waals surface area contributed by atoms with Crippen LogP contribution in [0.15, 0.2) is 59.8 Å². The molecule has 128 valence electrons. The molecule has 0 aliphatic heterocycles. The zero-order valence-electron chi connectivity index (χ0n) is 14.4. The van der Waals surface area contributed by atoms with Crippen molar-refractivity contribution in [3.05, 3.63) is 66.1 Å². The summed E-state index contributed by atoms with van der Waals surface area (Å²) in [5.74, 6) is 0.668. The molecule has 1 amide bonds. The van der Waals surface area contributed by atoms with E-state index in [1.165, 1.54) is 0 Å². The summed E-state index contributed by atoms with van der Waals surface area (Å²) < 4.78 is 1.73. The van der Waals surface area contributed by atoms with E-state index >= 15 is 0 Å². The van der Waals surface area contributed by atoms with Crippen LogP contribution in [0.2, 0.25) is 0 Å². The molecule has 0 unspecified atom stereocenters. The van der Waals surface area contributed by atoms with E-state index in [1.807, 2.05) is 62.6 Å². The van der Waals surface area contributed by atoms with Gasteiger partial charge in [0.15, 0.2) is 5.82 Å². The summed E-state index contributed by atoms with van der Waals surface area (Å²) in [4.78, 5) is 18.2. The molecule has 1 aromatic carbocycles. The fourth-order valence-electron chi connectivity index (χ4n) is 2.65. The smallest absolute Gasteiger partial charge is 0.259 e. The van der Waals surface area contributed by atoms with Crippen LogP contribution in [0.3, 0.4) is 0 Å². The molecule has 0 saturated carbocycles. The standard InChI is InChI=1S/C19H20N4OS/c1-13(2)18-16(12-21-23(18)17-9-4-5-10-20-17)19(24)22-14-7-6-8-15(11-14)25-3/h4-13H,1-3H3,(H,22,24). The lowest BCUT2D eigenvalue weighted by Crippen LogP contribution is -2.15. The van der Waals surface area contributed by atoms with Crippen molar-refractivity contribution in [1.29, 1.82) is 0 Å². The Morgan fingerprint density at radius 3 is 2.72 bits per heavy atom. The Morgan fingerprint density at radius 2 is 2.04 bits per heavy atom. The SMILES string of the molecule is CSc1cccc(NC(=O)c2cnn(-c3ccccn3)c2C(C)C)c1. The molecule has 1 N–H and O–H groups in total. The average Bonchev–Trinajstić information content (AvgIpc) is 3.08. The second kappa shape index (κ2) is 7.53. The number of pyridine rings is 1. The minimum Gasteiger partial charge on any atom is -0.322 e. The van der Waals surface area contributed by atoms with Gasteiger partial charge in [0.25, 0.3) is 5.91 Å². The van der Waals surface area contributed by atoms with Crippen LogP contribution in [0.25, 0.3) is 5.82 Å². The molecule has 25 heavy (non-hydrogen) atoms. The fourth-order valence-corrected chi connectivity index (χ4v) is 3.11. The van der Waals surface area contributed by atoms with E-state index in [0.29, 0.717) is 11.4 Å². The van der Waals surface area contributed by atoms with Gasteiger partial charge in [0, 0.05) is 16.8 Å². The van der Waals surface area contributed by atoms with Crippen LogP contribution in [-0.2, 0) is 0 Å². The molecule has 0 aliphatic rings. The van der Waals surface area contributed by atoms with Crippen LogP contribution in [0.5, 0.6) is 0 Å². The quantitative estimate of drug-likeness (QED) is 0.693. The lowest BCUT2D eigenvalue weighted by atomic mass is 10.1. The van der Waals surface area contributed by atoms with Gasteiger partial charge in [-0.3, -0.25) is 4.79 Å². The van der Waals surface area contributed by atoms with Crippen molar-refractivity contribution in [3.63, 3.8) is 0 Å². The number of hydrogen-bond acceptors (Lipinski definition) is 4. The lowest BCUT2D eigenvalue weighted by Gasteiger charge is -2.12. The van der Waals surface area contributed by atoms with E-state index in [0.717, 1.165) is 16.3 Å². The molecule has 2 aromatic heterocycles. The van der Waals surface area contributed by atoms with E-state index in [1.54, 1.807) is 28.8 Å². The number of amides is 1. The fraction of sp³-hybridized carbons (Fsp3) is 0.211. The Labute approximate surface area is 151 Å². The van der Waals surface area contributed by atoms with Gasteiger partial charge in [-0.25, -0.2) is 9.67 Å². The first-order valence-corrected chi connectivity index (χ1v) is 9.27. The van der Waals surface area contributed by atoms with Gasteiger partial charge >= 0.3 is 0 Å². The molecule has 0 spiro atoms. The summed E-state index contributed by atoms with van der Waals surface area (Å²) in [6.45, 7) is 4.09. The van der Waals surface area contributed by atoms with E-state index in [4.69, 9.17) is 0 Å². The van der Waals surface area contributed by atoms with Crippen LogP contribution in [0.4, 0.5) is 5.69 Å². The van der Waals surface area contributed by atoms with E-state index in [2.05, 4.69) is 15.4 Å². The summed E-state index contributed by atoms with van der Waals surface area (Å²) in [6.07, 6.45) is 5.33. The number of carbonyl (C=O) groups is 1. The van der Waals surface area contributed by atoms with Crippen LogP contribution in [0.1, 0.15) is 35.8 Å². The zero-order chi connectivity index (χ0) is 17.8. The summed E-state index contributed by atoms with van der Waals surface area (Å²) >= 11 is 1.64. The minimum atomic E-state index is -0.163. The number of thioether (sulfide) groups is 1. The summed E-state index contributed by atoms with van der Waals surface area (Å²) in [5.41, 5.74) is 2.18. The molecule has 0 atom stereocenters. The molecule has 3 rings (SSSR count). The molecular formula is C19H20N4OS. The Balaban J connectivity index is 1.94. The van der Waals surface area contributed by atoms with Crippen molar-refractivity contribution in [1.82, 2.24) is 14.8 Å². The molecule has 3 aromatic rings. The van der Waals surface area contributed by atoms with E-state index in [-0.39, 0.29) is 11.8 Å². The largest absolute Gasteiger partial charge is 0.322 e. The Morgan fingerprint density at radius 1 is 1.20 bits per heavy atom. The van der Waals surface area contributed by atoms with Gasteiger partial charge < -0.3 is 5.32 Å². The Hall–Kier alpha value is -2.60. The number of anilines is 1. The van der Waals surface area contributed by atoms with Gasteiger partial charge in [0.2, 0.25) is 0 Å². The van der Waals surface area contributed by atoms with Crippen LogP contribution >= 0.6 is 11.8 Å². The average molecular weight is 352 g/mol. The topological polar surface area (TPSA) is 59.8 Å². The molecule has 5 nitrogen and oxygen atoms in total. The maximum absolute atomic E-state index is 12.8. The highest BCUT2D eigenvalue weighted by Crippen LogP contribution is 2.24. The number of rotatable bonds is 5. The predicted octanol–water partition coefficient (Wildman–Crippen LogP) is 4.36. The van der Waals surface area contributed by atoms with Gasteiger partial charge in [-0.2, -0.15) is 5.10 Å². The Bertz CT molecular complexity index is 874. The molecule has 0 saturated heterocycles. The predicted molar refractivity (Wildman–Crippen MR) is 102 cm³/mol. The monoisotopic (exact) mass is 352 g/mol. The molecule has 0 bridgehead atoms. The summed E-state index contributed by atoms with van der Waals surface area (Å²) in [6, 6.07) is 13.4. The highest BCUT2D eigenvalue weighted by molar-refractivity contribution is 7.98. The number of hydrogen-bond donors (Lipinski definition) is 1. The van der Waals surface area contributed by atoms with Crippen molar-refractivity contribution >= 4 is 23.4 Å². The first-order chi connectivity index (χ1) is 12.1. The van der Waals surface area contributed by atoms with Crippen LogP contribution < -0.4 is 5.32 Å². The number of benzene rings is 1. The molecule has 2 heterocycles. The lowest BCUT2D eigenvalue weighted by molar-refractivity contribution is 0.102. The van der Waals surface area contributed by atoms with Gasteiger partial charge in [0.05, 0.1) is 17.5 Å². The third kappa shape index (κ3) is 3.74. The van der Waals surface area contributed by atoms with Gasteiger partial charge in [-0.05, 0) is 42.5 Å². The summed E-state index contributed by atoms with van der Waals surface area (Å²) in [5, 5.41) is 7.36. The van der Waals surface area contributed by atoms with Crippen molar-refractivity contribution in [2.75, 3.05) is 11.6 Å². The van der Waals surface area contributed by atoms with Crippen molar-refractivity contribution in [3.8, 4) is 5.82 Å². The number of aromatic nitrogens is 3.